The maximum atomic E-state index is 12.6. The number of sulfonamides is 1. The Hall–Kier alpha value is -0.170. The van der Waals surface area contributed by atoms with Crippen LogP contribution in [0.3, 0.4) is 0 Å². The van der Waals surface area contributed by atoms with E-state index in [0.717, 1.165) is 45.1 Å². The summed E-state index contributed by atoms with van der Waals surface area (Å²) in [5.41, 5.74) is 0. The molecule has 19 heavy (non-hydrogen) atoms. The van der Waals surface area contributed by atoms with Crippen LogP contribution < -0.4 is 5.32 Å². The quantitative estimate of drug-likeness (QED) is 0.755. The first-order valence-corrected chi connectivity index (χ1v) is 9.08. The van der Waals surface area contributed by atoms with E-state index in [1.165, 1.54) is 6.42 Å². The Bertz CT molecular complexity index is 360. The molecule has 0 amide bonds. The van der Waals surface area contributed by atoms with Crippen LogP contribution in [-0.2, 0) is 10.0 Å². The van der Waals surface area contributed by atoms with Crippen LogP contribution in [0, 0.1) is 0 Å². The van der Waals surface area contributed by atoms with E-state index in [2.05, 4.69) is 5.32 Å². The second kappa shape index (κ2) is 7.02. The lowest BCUT2D eigenvalue weighted by Crippen LogP contribution is -2.47. The number of rotatable bonds is 6. The molecule has 6 heteroatoms. The number of nitrogens with one attached hydrogen (secondary N) is 1. The van der Waals surface area contributed by atoms with E-state index < -0.39 is 10.0 Å². The predicted octanol–water partition coefficient (Wildman–Crippen LogP) is 0.695. The number of aliphatic hydroxyl groups excluding tert-OH is 1. The van der Waals surface area contributed by atoms with Gasteiger partial charge in [-0.3, -0.25) is 0 Å². The van der Waals surface area contributed by atoms with E-state index in [1.807, 2.05) is 0 Å². The van der Waals surface area contributed by atoms with Crippen molar-refractivity contribution in [3.8, 4) is 0 Å². The van der Waals surface area contributed by atoms with Gasteiger partial charge in [0.2, 0.25) is 10.0 Å². The lowest BCUT2D eigenvalue weighted by atomic mass is 9.95. The fraction of sp³-hybridized carbons (Fsp3) is 1.00. The topological polar surface area (TPSA) is 69.6 Å². The smallest absolute Gasteiger partial charge is 0.215 e. The molecule has 0 radical (unpaired) electrons. The van der Waals surface area contributed by atoms with Gasteiger partial charge in [0.1, 0.15) is 0 Å². The molecule has 112 valence electrons. The van der Waals surface area contributed by atoms with Crippen LogP contribution in [0.25, 0.3) is 0 Å². The molecular formula is C13H26N2O3S. The molecule has 0 aromatic rings. The zero-order valence-electron chi connectivity index (χ0n) is 11.6. The average molecular weight is 290 g/mol. The molecular weight excluding hydrogens is 264 g/mol. The van der Waals surface area contributed by atoms with Gasteiger partial charge in [0, 0.05) is 18.6 Å². The summed E-state index contributed by atoms with van der Waals surface area (Å²) >= 11 is 0. The van der Waals surface area contributed by atoms with E-state index in [0.29, 0.717) is 0 Å². The molecule has 1 saturated carbocycles. The van der Waals surface area contributed by atoms with Crippen LogP contribution in [-0.4, -0.2) is 55.4 Å². The second-order valence-electron chi connectivity index (χ2n) is 5.70. The normalized spacial score (nSPS) is 26.1. The van der Waals surface area contributed by atoms with Crippen molar-refractivity contribution in [1.82, 2.24) is 9.62 Å². The average Bonchev–Trinajstić information content (AvgIpc) is 2.89. The summed E-state index contributed by atoms with van der Waals surface area (Å²) in [6, 6.07) is 0.196. The predicted molar refractivity (Wildman–Crippen MR) is 75.5 cm³/mol. The van der Waals surface area contributed by atoms with Crippen molar-refractivity contribution >= 4 is 10.0 Å². The molecule has 2 rings (SSSR count). The molecule has 1 saturated heterocycles. The van der Waals surface area contributed by atoms with Gasteiger partial charge in [-0.25, -0.2) is 8.42 Å². The van der Waals surface area contributed by atoms with E-state index in [-0.39, 0.29) is 31.0 Å². The number of hydrogen-bond acceptors (Lipinski definition) is 4. The van der Waals surface area contributed by atoms with E-state index >= 15 is 0 Å². The minimum absolute atomic E-state index is 0.0895. The third kappa shape index (κ3) is 4.15. The van der Waals surface area contributed by atoms with Crippen molar-refractivity contribution in [1.29, 1.82) is 0 Å². The van der Waals surface area contributed by atoms with Gasteiger partial charge >= 0.3 is 0 Å². The Balaban J connectivity index is 2.02. The molecule has 1 unspecified atom stereocenters. The first-order chi connectivity index (χ1) is 9.13. The Kier molecular flexibility index (Phi) is 5.62. The van der Waals surface area contributed by atoms with Gasteiger partial charge in [-0.2, -0.15) is 4.31 Å². The van der Waals surface area contributed by atoms with Crippen molar-refractivity contribution in [3.05, 3.63) is 0 Å². The fourth-order valence-corrected chi connectivity index (χ4v) is 5.27. The summed E-state index contributed by atoms with van der Waals surface area (Å²) in [4.78, 5) is 0. The summed E-state index contributed by atoms with van der Waals surface area (Å²) < 4.78 is 26.7. The first-order valence-electron chi connectivity index (χ1n) is 7.47. The summed E-state index contributed by atoms with van der Waals surface area (Å²) in [6.07, 6.45) is 7.29. The van der Waals surface area contributed by atoms with Gasteiger partial charge in [-0.15, -0.1) is 0 Å². The van der Waals surface area contributed by atoms with Crippen LogP contribution in [0.5, 0.6) is 0 Å². The van der Waals surface area contributed by atoms with Gasteiger partial charge in [0.05, 0.1) is 12.4 Å². The van der Waals surface area contributed by atoms with Crippen LogP contribution in [0.1, 0.15) is 44.9 Å². The van der Waals surface area contributed by atoms with E-state index in [1.54, 1.807) is 4.31 Å². The van der Waals surface area contributed by atoms with Crippen molar-refractivity contribution in [2.24, 2.45) is 0 Å². The summed E-state index contributed by atoms with van der Waals surface area (Å²) in [6.45, 7) is 1.08. The highest BCUT2D eigenvalue weighted by molar-refractivity contribution is 7.89. The molecule has 1 aliphatic carbocycles. The monoisotopic (exact) mass is 290 g/mol. The van der Waals surface area contributed by atoms with Crippen LogP contribution in [0.4, 0.5) is 0 Å². The Morgan fingerprint density at radius 3 is 2.42 bits per heavy atom. The molecule has 1 heterocycles. The molecule has 5 nitrogen and oxygen atoms in total. The van der Waals surface area contributed by atoms with Crippen LogP contribution in [0.15, 0.2) is 0 Å². The highest BCUT2D eigenvalue weighted by atomic mass is 32.2. The van der Waals surface area contributed by atoms with E-state index in [4.69, 9.17) is 5.11 Å². The highest BCUT2D eigenvalue weighted by Gasteiger charge is 2.33. The molecule has 0 spiro atoms. The Morgan fingerprint density at radius 1 is 1.11 bits per heavy atom. The zero-order chi connectivity index (χ0) is 13.7. The number of nitrogens with zero attached hydrogens (tertiary/aromatic N) is 1. The number of aliphatic hydroxyl groups is 1. The minimum Gasteiger partial charge on any atom is -0.395 e. The lowest BCUT2D eigenvalue weighted by Gasteiger charge is -2.33. The van der Waals surface area contributed by atoms with Gasteiger partial charge in [-0.05, 0) is 32.2 Å². The maximum Gasteiger partial charge on any atom is 0.215 e. The third-order valence-electron chi connectivity index (χ3n) is 4.23. The lowest BCUT2D eigenvalue weighted by molar-refractivity contribution is 0.199. The Morgan fingerprint density at radius 2 is 1.84 bits per heavy atom. The molecule has 0 aromatic heterocycles. The molecule has 2 aliphatic rings. The summed E-state index contributed by atoms with van der Waals surface area (Å²) in [7, 11) is -3.26. The minimum atomic E-state index is -3.26. The molecule has 1 atom stereocenters. The van der Waals surface area contributed by atoms with Crippen molar-refractivity contribution in [2.45, 2.75) is 57.0 Å². The SMILES string of the molecule is O=S(=O)(CC1CCCN1)N(CCO)C1CCCCC1. The van der Waals surface area contributed by atoms with E-state index in [9.17, 15) is 8.42 Å². The van der Waals surface area contributed by atoms with Crippen molar-refractivity contribution < 1.29 is 13.5 Å². The highest BCUT2D eigenvalue weighted by Crippen LogP contribution is 2.25. The molecule has 1 aliphatic heterocycles. The van der Waals surface area contributed by atoms with Crippen LogP contribution in [0.2, 0.25) is 0 Å². The number of hydrogen-bond donors (Lipinski definition) is 2. The van der Waals surface area contributed by atoms with Gasteiger partial charge in [-0.1, -0.05) is 19.3 Å². The van der Waals surface area contributed by atoms with Crippen molar-refractivity contribution in [3.63, 3.8) is 0 Å². The molecule has 0 bridgehead atoms. The maximum absolute atomic E-state index is 12.6. The summed E-state index contributed by atoms with van der Waals surface area (Å²) in [5, 5.41) is 12.4. The molecule has 0 aromatic carbocycles. The molecule has 2 fully saturated rings. The van der Waals surface area contributed by atoms with Gasteiger partial charge in [0.25, 0.3) is 0 Å². The van der Waals surface area contributed by atoms with Crippen LogP contribution >= 0.6 is 0 Å². The molecule has 2 N–H and O–H groups in total. The van der Waals surface area contributed by atoms with Gasteiger partial charge < -0.3 is 10.4 Å². The second-order valence-corrected chi connectivity index (χ2v) is 7.66. The van der Waals surface area contributed by atoms with Gasteiger partial charge in [0.15, 0.2) is 0 Å². The third-order valence-corrected chi connectivity index (χ3v) is 6.25. The summed E-state index contributed by atoms with van der Waals surface area (Å²) in [5.74, 6) is 0.184. The first kappa shape index (κ1) is 15.2. The standard InChI is InChI=1S/C13H26N2O3S/c16-10-9-15(13-6-2-1-3-7-13)19(17,18)11-12-5-4-8-14-12/h12-14,16H,1-11H2. The zero-order valence-corrected chi connectivity index (χ0v) is 12.4. The van der Waals surface area contributed by atoms with Crippen molar-refractivity contribution in [2.75, 3.05) is 25.4 Å². The largest absolute Gasteiger partial charge is 0.395 e. The fourth-order valence-electron chi connectivity index (χ4n) is 3.27. The Labute approximate surface area is 116 Å².